The number of aromatic nitrogens is 1. The number of ether oxygens (including phenoxy) is 2. The summed E-state index contributed by atoms with van der Waals surface area (Å²) in [7, 11) is -1.18. The molecule has 9 nitrogen and oxygen atoms in total. The molecule has 0 fully saturated rings. The fraction of sp³-hybridized carbons (Fsp3) is 0.235. The van der Waals surface area contributed by atoms with Crippen LogP contribution in [0, 0.1) is 0 Å². The molecule has 0 bridgehead atoms. The minimum absolute atomic E-state index is 0.0693. The molecule has 2 aromatic rings. The van der Waals surface area contributed by atoms with Crippen LogP contribution in [0.5, 0.6) is 11.5 Å². The summed E-state index contributed by atoms with van der Waals surface area (Å²) < 4.78 is 37.7. The number of pyridine rings is 1. The van der Waals surface area contributed by atoms with Gasteiger partial charge in [-0.2, -0.15) is 0 Å². The monoisotopic (exact) mass is 391 g/mol. The molecule has 0 unspecified atom stereocenters. The molecule has 1 aliphatic heterocycles. The van der Waals surface area contributed by atoms with Gasteiger partial charge in [-0.1, -0.05) is 0 Å². The number of methoxy groups -OCH3 is 2. The van der Waals surface area contributed by atoms with Gasteiger partial charge < -0.3 is 9.47 Å². The molecule has 10 heteroatoms. The summed E-state index contributed by atoms with van der Waals surface area (Å²) in [6, 6.07) is 7.44. The Morgan fingerprint density at radius 3 is 2.56 bits per heavy atom. The SMILES string of the molecule is COc1ccc(OC)c(S(=O)(=O)NCCN2C(=O)c3cccnc3C2=O)c1. The van der Waals surface area contributed by atoms with E-state index in [4.69, 9.17) is 9.47 Å². The van der Waals surface area contributed by atoms with Crippen molar-refractivity contribution in [2.24, 2.45) is 0 Å². The van der Waals surface area contributed by atoms with E-state index >= 15 is 0 Å². The average molecular weight is 391 g/mol. The van der Waals surface area contributed by atoms with Crippen LogP contribution in [-0.4, -0.2) is 57.4 Å². The van der Waals surface area contributed by atoms with Crippen molar-refractivity contribution in [1.82, 2.24) is 14.6 Å². The van der Waals surface area contributed by atoms with E-state index < -0.39 is 21.8 Å². The van der Waals surface area contributed by atoms with Crippen LogP contribution < -0.4 is 14.2 Å². The molecule has 1 N–H and O–H groups in total. The molecule has 142 valence electrons. The first-order valence-corrected chi connectivity index (χ1v) is 9.40. The number of fused-ring (bicyclic) bond motifs is 1. The molecule has 2 amide bonds. The first kappa shape index (κ1) is 18.8. The maximum absolute atomic E-state index is 12.6. The highest BCUT2D eigenvalue weighted by atomic mass is 32.2. The number of nitrogens with zero attached hydrogens (tertiary/aromatic N) is 2. The van der Waals surface area contributed by atoms with Crippen molar-refractivity contribution in [2.45, 2.75) is 4.90 Å². The van der Waals surface area contributed by atoms with Crippen LogP contribution in [0.15, 0.2) is 41.4 Å². The van der Waals surface area contributed by atoms with E-state index in [2.05, 4.69) is 9.71 Å². The minimum atomic E-state index is -3.95. The summed E-state index contributed by atoms with van der Waals surface area (Å²) in [5.74, 6) is -0.550. The first-order valence-electron chi connectivity index (χ1n) is 7.92. The zero-order valence-corrected chi connectivity index (χ0v) is 15.4. The molecule has 0 aliphatic carbocycles. The number of hydrogen-bond donors (Lipinski definition) is 1. The highest BCUT2D eigenvalue weighted by Crippen LogP contribution is 2.28. The van der Waals surface area contributed by atoms with E-state index in [1.54, 1.807) is 12.1 Å². The highest BCUT2D eigenvalue weighted by molar-refractivity contribution is 7.89. The predicted molar refractivity (Wildman–Crippen MR) is 94.3 cm³/mol. The Labute approximate surface area is 156 Å². The lowest BCUT2D eigenvalue weighted by Crippen LogP contribution is -2.38. The summed E-state index contributed by atoms with van der Waals surface area (Å²) in [5, 5.41) is 0. The van der Waals surface area contributed by atoms with Gasteiger partial charge in [0, 0.05) is 25.4 Å². The van der Waals surface area contributed by atoms with Crippen LogP contribution in [0.1, 0.15) is 20.8 Å². The molecule has 1 aromatic carbocycles. The first-order chi connectivity index (χ1) is 12.9. The number of nitrogens with one attached hydrogen (secondary N) is 1. The largest absolute Gasteiger partial charge is 0.497 e. The molecule has 1 aliphatic rings. The fourth-order valence-electron chi connectivity index (χ4n) is 2.68. The van der Waals surface area contributed by atoms with Crippen LogP contribution in [0.3, 0.4) is 0 Å². The van der Waals surface area contributed by atoms with Gasteiger partial charge in [0.2, 0.25) is 10.0 Å². The quantitative estimate of drug-likeness (QED) is 0.690. The van der Waals surface area contributed by atoms with Gasteiger partial charge in [-0.05, 0) is 24.3 Å². The zero-order valence-electron chi connectivity index (χ0n) is 14.6. The Hall–Kier alpha value is -2.98. The van der Waals surface area contributed by atoms with Gasteiger partial charge in [0.25, 0.3) is 11.8 Å². The van der Waals surface area contributed by atoms with Crippen molar-refractivity contribution < 1.29 is 27.5 Å². The van der Waals surface area contributed by atoms with E-state index in [-0.39, 0.29) is 35.0 Å². The molecule has 27 heavy (non-hydrogen) atoms. The number of hydrogen-bond acceptors (Lipinski definition) is 7. The summed E-state index contributed by atoms with van der Waals surface area (Å²) >= 11 is 0. The van der Waals surface area contributed by atoms with E-state index in [0.717, 1.165) is 4.90 Å². The van der Waals surface area contributed by atoms with Crippen LogP contribution in [0.25, 0.3) is 0 Å². The normalized spacial score (nSPS) is 13.6. The average Bonchev–Trinajstić information content (AvgIpc) is 2.92. The van der Waals surface area contributed by atoms with E-state index in [0.29, 0.717) is 5.75 Å². The molecule has 0 spiro atoms. The number of benzene rings is 1. The standard InChI is InChI=1S/C17H17N3O6S/c1-25-11-5-6-13(26-2)14(10-11)27(23,24)19-8-9-20-16(21)12-4-3-7-18-15(12)17(20)22/h3-7,10,19H,8-9H2,1-2H3. The molecule has 0 saturated carbocycles. The molecule has 0 radical (unpaired) electrons. The smallest absolute Gasteiger partial charge is 0.280 e. The Morgan fingerprint density at radius 1 is 1.11 bits per heavy atom. The number of carbonyl (C=O) groups excluding carboxylic acids is 2. The van der Waals surface area contributed by atoms with Gasteiger partial charge in [-0.3, -0.25) is 19.5 Å². The van der Waals surface area contributed by atoms with Crippen molar-refractivity contribution >= 4 is 21.8 Å². The minimum Gasteiger partial charge on any atom is -0.497 e. The Morgan fingerprint density at radius 2 is 1.89 bits per heavy atom. The van der Waals surface area contributed by atoms with E-state index in [9.17, 15) is 18.0 Å². The lowest BCUT2D eigenvalue weighted by atomic mass is 10.2. The second-order valence-electron chi connectivity index (χ2n) is 5.58. The third kappa shape index (κ3) is 3.49. The van der Waals surface area contributed by atoms with Crippen LogP contribution >= 0.6 is 0 Å². The Bertz CT molecular complexity index is 970. The van der Waals surface area contributed by atoms with Gasteiger partial charge in [-0.15, -0.1) is 0 Å². The third-order valence-corrected chi connectivity index (χ3v) is 5.50. The zero-order chi connectivity index (χ0) is 19.6. The number of rotatable bonds is 7. The van der Waals surface area contributed by atoms with Crippen LogP contribution in [0.4, 0.5) is 0 Å². The number of imide groups is 1. The summed E-state index contributed by atoms with van der Waals surface area (Å²) in [6.45, 7) is -0.284. The van der Waals surface area contributed by atoms with Gasteiger partial charge in [0.05, 0.1) is 19.8 Å². The molecule has 0 saturated heterocycles. The molecular weight excluding hydrogens is 374 g/mol. The summed E-state index contributed by atoms with van der Waals surface area (Å²) in [5.41, 5.74) is 0.277. The van der Waals surface area contributed by atoms with Gasteiger partial charge >= 0.3 is 0 Å². The van der Waals surface area contributed by atoms with Gasteiger partial charge in [0.1, 0.15) is 22.1 Å². The van der Waals surface area contributed by atoms with E-state index in [1.165, 1.54) is 38.6 Å². The van der Waals surface area contributed by atoms with Crippen LogP contribution in [-0.2, 0) is 10.0 Å². The molecule has 0 atom stereocenters. The topological polar surface area (TPSA) is 115 Å². The molecule has 3 rings (SSSR count). The molecule has 1 aromatic heterocycles. The predicted octanol–water partition coefficient (Wildman–Crippen LogP) is 0.673. The second-order valence-corrected chi connectivity index (χ2v) is 7.31. The summed E-state index contributed by atoms with van der Waals surface area (Å²) in [6.07, 6.45) is 1.42. The molecular formula is C17H17N3O6S. The van der Waals surface area contributed by atoms with Gasteiger partial charge in [0.15, 0.2) is 0 Å². The maximum atomic E-state index is 12.6. The van der Waals surface area contributed by atoms with Crippen molar-refractivity contribution in [3.05, 3.63) is 47.8 Å². The van der Waals surface area contributed by atoms with Crippen molar-refractivity contribution in [1.29, 1.82) is 0 Å². The lowest BCUT2D eigenvalue weighted by Gasteiger charge is -2.15. The number of sulfonamides is 1. The maximum Gasteiger partial charge on any atom is 0.280 e. The summed E-state index contributed by atoms with van der Waals surface area (Å²) in [4.78, 5) is 29.3. The number of carbonyl (C=O) groups is 2. The highest BCUT2D eigenvalue weighted by Gasteiger charge is 2.36. The van der Waals surface area contributed by atoms with Crippen LogP contribution in [0.2, 0.25) is 0 Å². The second kappa shape index (κ2) is 7.33. The van der Waals surface area contributed by atoms with Crippen molar-refractivity contribution in [3.8, 4) is 11.5 Å². The van der Waals surface area contributed by atoms with Crippen molar-refractivity contribution in [3.63, 3.8) is 0 Å². The molecule has 2 heterocycles. The third-order valence-electron chi connectivity index (χ3n) is 4.02. The fourth-order valence-corrected chi connectivity index (χ4v) is 3.88. The Kier molecular flexibility index (Phi) is 5.10. The van der Waals surface area contributed by atoms with Gasteiger partial charge in [-0.25, -0.2) is 13.1 Å². The van der Waals surface area contributed by atoms with Crippen molar-refractivity contribution in [2.75, 3.05) is 27.3 Å². The Balaban J connectivity index is 1.73. The lowest BCUT2D eigenvalue weighted by molar-refractivity contribution is 0.0655. The van der Waals surface area contributed by atoms with E-state index in [1.807, 2.05) is 0 Å². The number of amides is 2.